The van der Waals surface area contributed by atoms with Crippen LogP contribution in [0.25, 0.3) is 0 Å². The van der Waals surface area contributed by atoms with Crippen LogP contribution >= 0.6 is 0 Å². The van der Waals surface area contributed by atoms with Gasteiger partial charge in [0.15, 0.2) is 5.75 Å². The van der Waals surface area contributed by atoms with Gasteiger partial charge in [-0.15, -0.1) is 0 Å². The molecule has 19 heavy (non-hydrogen) atoms. The predicted molar refractivity (Wildman–Crippen MR) is 69.2 cm³/mol. The third-order valence-electron chi connectivity index (χ3n) is 3.34. The summed E-state index contributed by atoms with van der Waals surface area (Å²) < 4.78 is 11.5. The zero-order valence-corrected chi connectivity index (χ0v) is 11.2. The third kappa shape index (κ3) is 2.96. The molecule has 2 heterocycles. The maximum atomic E-state index is 12.1. The lowest BCUT2D eigenvalue weighted by Gasteiger charge is -2.17. The molecule has 6 nitrogen and oxygen atoms in total. The lowest BCUT2D eigenvalue weighted by molar-refractivity contribution is -0.131. The van der Waals surface area contributed by atoms with E-state index in [2.05, 4.69) is 0 Å². The minimum atomic E-state index is -0.291. The van der Waals surface area contributed by atoms with Crippen molar-refractivity contribution in [2.24, 2.45) is 0 Å². The molecule has 1 aromatic rings. The number of nitrogens with zero attached hydrogens (tertiary/aromatic N) is 2. The molecule has 0 N–H and O–H groups in total. The van der Waals surface area contributed by atoms with Crippen LogP contribution in [0, 0.1) is 0 Å². The summed E-state index contributed by atoms with van der Waals surface area (Å²) in [4.78, 5) is 25.7. The van der Waals surface area contributed by atoms with Crippen molar-refractivity contribution in [2.45, 2.75) is 19.1 Å². The molecular weight excluding hydrogens is 248 g/mol. The van der Waals surface area contributed by atoms with E-state index in [9.17, 15) is 9.59 Å². The highest BCUT2D eigenvalue weighted by atomic mass is 16.5. The number of aromatic nitrogens is 1. The van der Waals surface area contributed by atoms with Crippen LogP contribution in [0.5, 0.6) is 5.75 Å². The third-order valence-corrected chi connectivity index (χ3v) is 3.34. The van der Waals surface area contributed by atoms with Gasteiger partial charge < -0.3 is 18.9 Å². The lowest BCUT2D eigenvalue weighted by Crippen LogP contribution is -2.35. The fraction of sp³-hybridized carbons (Fsp3) is 0.538. The molecule has 2 rings (SSSR count). The van der Waals surface area contributed by atoms with E-state index in [-0.39, 0.29) is 29.9 Å². The van der Waals surface area contributed by atoms with Gasteiger partial charge in [-0.05, 0) is 18.6 Å². The molecule has 1 saturated heterocycles. The van der Waals surface area contributed by atoms with Crippen molar-refractivity contribution in [3.05, 3.63) is 28.7 Å². The number of carbonyl (C=O) groups excluding carboxylic acids is 1. The van der Waals surface area contributed by atoms with Gasteiger partial charge in [-0.25, -0.2) is 0 Å². The SMILES string of the molecule is COc1cccn(CC(=O)N2CC[C@H](OC)C2)c1=O. The second kappa shape index (κ2) is 5.88. The number of ether oxygens (including phenoxy) is 2. The molecule has 0 radical (unpaired) electrons. The average molecular weight is 266 g/mol. The maximum absolute atomic E-state index is 12.1. The summed E-state index contributed by atoms with van der Waals surface area (Å²) in [6, 6.07) is 3.27. The number of methoxy groups -OCH3 is 2. The highest BCUT2D eigenvalue weighted by Crippen LogP contribution is 2.12. The second-order valence-electron chi connectivity index (χ2n) is 4.50. The normalized spacial score (nSPS) is 18.6. The number of carbonyl (C=O) groups is 1. The summed E-state index contributed by atoms with van der Waals surface area (Å²) >= 11 is 0. The van der Waals surface area contributed by atoms with Gasteiger partial charge in [-0.1, -0.05) is 0 Å². The number of amides is 1. The minimum Gasteiger partial charge on any atom is -0.491 e. The number of hydrogen-bond acceptors (Lipinski definition) is 4. The van der Waals surface area contributed by atoms with E-state index < -0.39 is 0 Å². The van der Waals surface area contributed by atoms with Crippen molar-refractivity contribution in [2.75, 3.05) is 27.3 Å². The maximum Gasteiger partial charge on any atom is 0.293 e. The summed E-state index contributed by atoms with van der Waals surface area (Å²) in [6.45, 7) is 1.30. The quantitative estimate of drug-likeness (QED) is 0.775. The van der Waals surface area contributed by atoms with Crippen molar-refractivity contribution < 1.29 is 14.3 Å². The fourth-order valence-electron chi connectivity index (χ4n) is 2.19. The molecule has 0 unspecified atom stereocenters. The summed E-state index contributed by atoms with van der Waals surface area (Å²) in [5.74, 6) is 0.168. The minimum absolute atomic E-state index is 0.0342. The standard InChI is InChI=1S/C13H18N2O4/c1-18-10-5-7-14(8-10)12(16)9-15-6-3-4-11(19-2)13(15)17/h3-4,6,10H,5,7-9H2,1-2H3/t10-/m0/s1. The van der Waals surface area contributed by atoms with E-state index in [0.29, 0.717) is 13.1 Å². The van der Waals surface area contributed by atoms with Crippen molar-refractivity contribution in [1.29, 1.82) is 0 Å². The molecule has 0 saturated carbocycles. The van der Waals surface area contributed by atoms with Gasteiger partial charge in [0.2, 0.25) is 5.91 Å². The molecule has 1 aliphatic rings. The van der Waals surface area contributed by atoms with E-state index in [1.807, 2.05) is 0 Å². The number of likely N-dealkylation sites (tertiary alicyclic amines) is 1. The molecule has 104 valence electrons. The van der Waals surface area contributed by atoms with Crippen LogP contribution < -0.4 is 10.3 Å². The van der Waals surface area contributed by atoms with E-state index in [4.69, 9.17) is 9.47 Å². The Hall–Kier alpha value is -1.82. The number of pyridine rings is 1. The first kappa shape index (κ1) is 13.6. The molecule has 1 aromatic heterocycles. The lowest BCUT2D eigenvalue weighted by atomic mass is 10.3. The van der Waals surface area contributed by atoms with E-state index in [1.165, 1.54) is 11.7 Å². The molecule has 0 aromatic carbocycles. The average Bonchev–Trinajstić information content (AvgIpc) is 2.90. The Labute approximate surface area is 111 Å². The van der Waals surface area contributed by atoms with Gasteiger partial charge in [-0.2, -0.15) is 0 Å². The molecular formula is C13H18N2O4. The fourth-order valence-corrected chi connectivity index (χ4v) is 2.19. The molecule has 6 heteroatoms. The first-order chi connectivity index (χ1) is 9.15. The van der Waals surface area contributed by atoms with Gasteiger partial charge in [0.1, 0.15) is 6.54 Å². The Morgan fingerprint density at radius 3 is 2.89 bits per heavy atom. The Morgan fingerprint density at radius 2 is 2.26 bits per heavy atom. The molecule has 1 fully saturated rings. The van der Waals surface area contributed by atoms with Crippen LogP contribution in [0.3, 0.4) is 0 Å². The largest absolute Gasteiger partial charge is 0.491 e. The van der Waals surface area contributed by atoms with Crippen LogP contribution in [0.4, 0.5) is 0 Å². The van der Waals surface area contributed by atoms with Gasteiger partial charge in [0.05, 0.1) is 13.2 Å². The van der Waals surface area contributed by atoms with Crippen LogP contribution in [0.15, 0.2) is 23.1 Å². The molecule has 0 spiro atoms. The molecule has 0 bridgehead atoms. The monoisotopic (exact) mass is 266 g/mol. The Morgan fingerprint density at radius 1 is 1.47 bits per heavy atom. The van der Waals surface area contributed by atoms with Gasteiger partial charge in [0, 0.05) is 26.4 Å². The predicted octanol–water partition coefficient (Wildman–Crippen LogP) is 0.104. The zero-order valence-electron chi connectivity index (χ0n) is 11.2. The van der Waals surface area contributed by atoms with Crippen LogP contribution in [0.2, 0.25) is 0 Å². The van der Waals surface area contributed by atoms with Crippen molar-refractivity contribution in [1.82, 2.24) is 9.47 Å². The van der Waals surface area contributed by atoms with Crippen LogP contribution in [0.1, 0.15) is 6.42 Å². The molecule has 1 amide bonds. The van der Waals surface area contributed by atoms with E-state index in [1.54, 1.807) is 30.3 Å². The Balaban J connectivity index is 2.06. The smallest absolute Gasteiger partial charge is 0.293 e. The number of rotatable bonds is 4. The van der Waals surface area contributed by atoms with Gasteiger partial charge in [0.25, 0.3) is 5.56 Å². The first-order valence-electron chi connectivity index (χ1n) is 6.19. The van der Waals surface area contributed by atoms with E-state index >= 15 is 0 Å². The van der Waals surface area contributed by atoms with Crippen LogP contribution in [-0.2, 0) is 16.1 Å². The highest BCUT2D eigenvalue weighted by molar-refractivity contribution is 5.76. The van der Waals surface area contributed by atoms with Gasteiger partial charge >= 0.3 is 0 Å². The van der Waals surface area contributed by atoms with Gasteiger partial charge in [-0.3, -0.25) is 9.59 Å². The van der Waals surface area contributed by atoms with Crippen molar-refractivity contribution in [3.8, 4) is 5.75 Å². The zero-order chi connectivity index (χ0) is 13.8. The van der Waals surface area contributed by atoms with E-state index in [0.717, 1.165) is 6.42 Å². The summed E-state index contributed by atoms with van der Waals surface area (Å²) in [7, 11) is 3.08. The summed E-state index contributed by atoms with van der Waals surface area (Å²) in [5, 5.41) is 0. The number of hydrogen-bond donors (Lipinski definition) is 0. The Bertz CT molecular complexity index is 512. The van der Waals surface area contributed by atoms with Crippen molar-refractivity contribution in [3.63, 3.8) is 0 Å². The second-order valence-corrected chi connectivity index (χ2v) is 4.50. The first-order valence-corrected chi connectivity index (χ1v) is 6.19. The highest BCUT2D eigenvalue weighted by Gasteiger charge is 2.26. The molecule has 1 aliphatic heterocycles. The van der Waals surface area contributed by atoms with Crippen LogP contribution in [-0.4, -0.2) is 48.8 Å². The summed E-state index contributed by atoms with van der Waals surface area (Å²) in [5.41, 5.74) is -0.291. The topological polar surface area (TPSA) is 60.8 Å². The summed E-state index contributed by atoms with van der Waals surface area (Å²) in [6.07, 6.45) is 2.54. The Kier molecular flexibility index (Phi) is 4.21. The molecule has 0 aliphatic carbocycles. The molecule has 1 atom stereocenters. The van der Waals surface area contributed by atoms with Crippen molar-refractivity contribution >= 4 is 5.91 Å².